The fourth-order valence-electron chi connectivity index (χ4n) is 0.829. The third kappa shape index (κ3) is 1.62. The van der Waals surface area contributed by atoms with Gasteiger partial charge in [-0.1, -0.05) is 9.64 Å². The number of nitrogens with two attached hydrogens (primary N) is 1. The molecule has 0 aliphatic carbocycles. The van der Waals surface area contributed by atoms with Crippen LogP contribution in [-0.4, -0.2) is 31.4 Å². The lowest BCUT2D eigenvalue weighted by molar-refractivity contribution is 0.260. The number of aliphatic hydroxyl groups excluding tert-OH is 1. The Balaban J connectivity index is 2.26. The van der Waals surface area contributed by atoms with Crippen molar-refractivity contribution in [1.29, 1.82) is 0 Å². The quantitative estimate of drug-likeness (QED) is 0.712. The van der Waals surface area contributed by atoms with Crippen molar-refractivity contribution in [3.05, 3.63) is 11.2 Å². The minimum Gasteiger partial charge on any atom is -0.394 e. The Morgan fingerprint density at radius 2 is 2.50 bits per heavy atom. The summed E-state index contributed by atoms with van der Waals surface area (Å²) in [5.41, 5.74) is 6.01. The van der Waals surface area contributed by atoms with Crippen molar-refractivity contribution in [3.63, 3.8) is 0 Å². The molecular weight excluding hydrogens is 206 g/mol. The predicted molar refractivity (Wildman–Crippen MR) is 47.2 cm³/mol. The number of aromatic nitrogens is 4. The van der Waals surface area contributed by atoms with Crippen molar-refractivity contribution in [2.24, 2.45) is 5.73 Å². The van der Waals surface area contributed by atoms with E-state index >= 15 is 0 Å². The first-order valence-corrected chi connectivity index (χ1v) is 4.62. The molecule has 0 bridgehead atoms. The molecule has 0 radical (unpaired) electrons. The number of rotatable bonds is 3. The average Bonchev–Trinajstić information content (AvgIpc) is 2.86. The summed E-state index contributed by atoms with van der Waals surface area (Å²) in [6, 6.07) is -0.626. The summed E-state index contributed by atoms with van der Waals surface area (Å²) >= 11 is 1.19. The molecule has 74 valence electrons. The van der Waals surface area contributed by atoms with E-state index in [0.717, 1.165) is 0 Å². The highest BCUT2D eigenvalue weighted by atomic mass is 32.1. The minimum atomic E-state index is -0.626. The highest BCUT2D eigenvalue weighted by Gasteiger charge is 2.15. The first-order valence-electron chi connectivity index (χ1n) is 3.78. The van der Waals surface area contributed by atoms with E-state index < -0.39 is 6.04 Å². The van der Waals surface area contributed by atoms with Crippen molar-refractivity contribution >= 4 is 11.5 Å². The van der Waals surface area contributed by atoms with Gasteiger partial charge in [-0.15, -0.1) is 5.10 Å². The van der Waals surface area contributed by atoms with E-state index in [1.165, 1.54) is 11.5 Å². The first-order chi connectivity index (χ1) is 6.81. The predicted octanol–water partition coefficient (Wildman–Crippen LogP) is -0.420. The molecule has 0 aromatic carbocycles. The summed E-state index contributed by atoms with van der Waals surface area (Å²) in [6.45, 7) is -0.228. The number of hydrogen-bond donors (Lipinski definition) is 2. The fraction of sp³-hybridized carbons (Fsp3) is 0.333. The third-order valence-electron chi connectivity index (χ3n) is 1.55. The summed E-state index contributed by atoms with van der Waals surface area (Å²) in [5.74, 6) is 0.521. The number of aliphatic hydroxyl groups is 1. The third-order valence-corrected chi connectivity index (χ3v) is 2.05. The molecule has 3 N–H and O–H groups in total. The van der Waals surface area contributed by atoms with Crippen LogP contribution in [0.5, 0.6) is 0 Å². The highest BCUT2D eigenvalue weighted by Crippen LogP contribution is 2.16. The Bertz CT molecular complexity index is 400. The zero-order valence-electron chi connectivity index (χ0n) is 6.99. The van der Waals surface area contributed by atoms with E-state index in [0.29, 0.717) is 5.69 Å². The second-order valence-corrected chi connectivity index (χ2v) is 3.15. The van der Waals surface area contributed by atoms with Gasteiger partial charge >= 0.3 is 0 Å². The van der Waals surface area contributed by atoms with Gasteiger partial charge in [0.05, 0.1) is 12.6 Å². The smallest absolute Gasteiger partial charge is 0.279 e. The Morgan fingerprint density at radius 1 is 1.64 bits per heavy atom. The maximum atomic E-state index is 8.76. The van der Waals surface area contributed by atoms with Gasteiger partial charge < -0.3 is 15.4 Å². The lowest BCUT2D eigenvalue weighted by Crippen LogP contribution is -2.15. The molecule has 2 aromatic heterocycles. The average molecular weight is 213 g/mol. The highest BCUT2D eigenvalue weighted by molar-refractivity contribution is 7.03. The van der Waals surface area contributed by atoms with Crippen molar-refractivity contribution in [2.45, 2.75) is 6.04 Å². The SMILES string of the molecule is NC(CO)c1noc(-c2csnn2)n1. The largest absolute Gasteiger partial charge is 0.394 e. The van der Waals surface area contributed by atoms with Crippen LogP contribution in [0, 0.1) is 0 Å². The molecule has 0 fully saturated rings. The molecule has 0 spiro atoms. The van der Waals surface area contributed by atoms with E-state index in [1.807, 2.05) is 0 Å². The molecule has 0 amide bonds. The molecule has 7 nitrogen and oxygen atoms in total. The summed E-state index contributed by atoms with van der Waals surface area (Å²) in [7, 11) is 0. The maximum absolute atomic E-state index is 8.76. The minimum absolute atomic E-state index is 0.228. The normalized spacial score (nSPS) is 13.0. The molecular formula is C6H7N5O2S. The molecule has 0 aliphatic rings. The zero-order chi connectivity index (χ0) is 9.97. The van der Waals surface area contributed by atoms with E-state index in [9.17, 15) is 0 Å². The van der Waals surface area contributed by atoms with Crippen molar-refractivity contribution in [3.8, 4) is 11.6 Å². The van der Waals surface area contributed by atoms with Crippen LogP contribution in [-0.2, 0) is 0 Å². The molecule has 1 unspecified atom stereocenters. The topological polar surface area (TPSA) is 111 Å². The van der Waals surface area contributed by atoms with E-state index in [4.69, 9.17) is 15.4 Å². The monoisotopic (exact) mass is 213 g/mol. The first kappa shape index (κ1) is 9.19. The van der Waals surface area contributed by atoms with Crippen LogP contribution in [0.2, 0.25) is 0 Å². The molecule has 2 heterocycles. The van der Waals surface area contributed by atoms with Gasteiger partial charge in [0.15, 0.2) is 11.5 Å². The van der Waals surface area contributed by atoms with Gasteiger partial charge in [-0.2, -0.15) is 4.98 Å². The van der Waals surface area contributed by atoms with Crippen molar-refractivity contribution in [2.75, 3.05) is 6.61 Å². The second kappa shape index (κ2) is 3.78. The molecule has 0 saturated carbocycles. The number of hydrogen-bond acceptors (Lipinski definition) is 8. The van der Waals surface area contributed by atoms with Gasteiger partial charge in [0.2, 0.25) is 0 Å². The van der Waals surface area contributed by atoms with Crippen molar-refractivity contribution < 1.29 is 9.63 Å². The Labute approximate surface area is 82.7 Å². The molecule has 0 aliphatic heterocycles. The number of nitrogens with zero attached hydrogens (tertiary/aromatic N) is 4. The van der Waals surface area contributed by atoms with Gasteiger partial charge in [-0.05, 0) is 11.5 Å². The van der Waals surface area contributed by atoms with E-state index in [1.54, 1.807) is 5.38 Å². The maximum Gasteiger partial charge on any atom is 0.279 e. The summed E-state index contributed by atoms with van der Waals surface area (Å²) in [4.78, 5) is 3.96. The van der Waals surface area contributed by atoms with Crippen LogP contribution < -0.4 is 5.73 Å². The molecule has 1 atom stereocenters. The zero-order valence-corrected chi connectivity index (χ0v) is 7.81. The Hall–Kier alpha value is -1.38. The van der Waals surface area contributed by atoms with E-state index in [-0.39, 0.29) is 18.3 Å². The van der Waals surface area contributed by atoms with Gasteiger partial charge in [0.25, 0.3) is 5.89 Å². The van der Waals surface area contributed by atoms with Gasteiger partial charge in [0.1, 0.15) is 0 Å². The summed E-state index contributed by atoms with van der Waals surface area (Å²) in [6.07, 6.45) is 0. The molecule has 2 rings (SSSR count). The van der Waals surface area contributed by atoms with Crippen molar-refractivity contribution in [1.82, 2.24) is 19.7 Å². The Morgan fingerprint density at radius 3 is 3.14 bits per heavy atom. The lowest BCUT2D eigenvalue weighted by Gasteiger charge is -1.98. The molecule has 0 saturated heterocycles. The lowest BCUT2D eigenvalue weighted by atomic mass is 10.3. The van der Waals surface area contributed by atoms with Crippen LogP contribution in [0.4, 0.5) is 0 Å². The molecule has 8 heteroatoms. The standard InChI is InChI=1S/C6H7N5O2S/c7-3(1-12)5-8-6(13-10-5)4-2-14-11-9-4/h2-3,12H,1,7H2. The van der Waals surface area contributed by atoms with Gasteiger partial charge in [0, 0.05) is 5.38 Å². The van der Waals surface area contributed by atoms with Crippen LogP contribution in [0.15, 0.2) is 9.90 Å². The van der Waals surface area contributed by atoms with Crippen LogP contribution in [0.25, 0.3) is 11.6 Å². The Kier molecular flexibility index (Phi) is 2.48. The van der Waals surface area contributed by atoms with Gasteiger partial charge in [-0.25, -0.2) is 0 Å². The molecule has 14 heavy (non-hydrogen) atoms. The van der Waals surface area contributed by atoms with Crippen LogP contribution in [0.1, 0.15) is 11.9 Å². The van der Waals surface area contributed by atoms with Crippen LogP contribution in [0.3, 0.4) is 0 Å². The fourth-order valence-corrected chi connectivity index (χ4v) is 1.26. The summed E-state index contributed by atoms with van der Waals surface area (Å²) in [5, 5.41) is 17.8. The van der Waals surface area contributed by atoms with E-state index in [2.05, 4.69) is 19.7 Å². The second-order valence-electron chi connectivity index (χ2n) is 2.54. The summed E-state index contributed by atoms with van der Waals surface area (Å²) < 4.78 is 8.54. The van der Waals surface area contributed by atoms with Crippen LogP contribution >= 0.6 is 11.5 Å². The molecule has 2 aromatic rings. The van der Waals surface area contributed by atoms with Gasteiger partial charge in [-0.3, -0.25) is 0 Å².